The number of benzene rings is 1. The third-order valence-electron chi connectivity index (χ3n) is 2.82. The molecule has 0 N–H and O–H groups in total. The maximum atomic E-state index is 13.2. The Morgan fingerprint density at radius 1 is 1.40 bits per heavy atom. The highest BCUT2D eigenvalue weighted by Gasteiger charge is 2.20. The van der Waals surface area contributed by atoms with Crippen LogP contribution in [0.3, 0.4) is 0 Å². The van der Waals surface area contributed by atoms with Crippen molar-refractivity contribution in [3.63, 3.8) is 0 Å². The van der Waals surface area contributed by atoms with Crippen LogP contribution >= 0.6 is 11.6 Å². The molecular weight excluding hydrogens is 215 g/mol. The van der Waals surface area contributed by atoms with Gasteiger partial charge in [0.15, 0.2) is 0 Å². The first-order valence-electron chi connectivity index (χ1n) is 5.23. The third-order valence-corrected chi connectivity index (χ3v) is 3.13. The van der Waals surface area contributed by atoms with E-state index in [0.717, 1.165) is 25.0 Å². The first kappa shape index (κ1) is 10.9. The van der Waals surface area contributed by atoms with Gasteiger partial charge in [-0.15, -0.1) is 0 Å². The van der Waals surface area contributed by atoms with Crippen molar-refractivity contribution in [2.24, 2.45) is 5.92 Å². The average Bonchev–Trinajstić information content (AvgIpc) is 2.23. The minimum Gasteiger partial charge on any atom is -0.373 e. The molecule has 0 spiro atoms. The maximum Gasteiger partial charge on any atom is 0.142 e. The summed E-state index contributed by atoms with van der Waals surface area (Å²) in [5, 5.41) is 0.169. The van der Waals surface area contributed by atoms with Crippen molar-refractivity contribution in [3.8, 4) is 0 Å². The molecule has 1 saturated heterocycles. The number of hydrogen-bond acceptors (Lipinski definition) is 1. The van der Waals surface area contributed by atoms with Crippen molar-refractivity contribution in [3.05, 3.63) is 34.6 Å². The Hall–Kier alpha value is -0.600. The van der Waals surface area contributed by atoms with Crippen molar-refractivity contribution in [2.45, 2.75) is 25.9 Å². The lowest BCUT2D eigenvalue weighted by molar-refractivity contribution is -0.0125. The summed E-state index contributed by atoms with van der Waals surface area (Å²) in [7, 11) is 0. The van der Waals surface area contributed by atoms with Crippen LogP contribution in [0.25, 0.3) is 0 Å². The normalized spacial score (nSPS) is 26.6. The average molecular weight is 229 g/mol. The van der Waals surface area contributed by atoms with E-state index in [9.17, 15) is 4.39 Å². The summed E-state index contributed by atoms with van der Waals surface area (Å²) in [4.78, 5) is 0. The molecule has 3 heteroatoms. The Balaban J connectivity index is 2.12. The Morgan fingerprint density at radius 2 is 2.20 bits per heavy atom. The Morgan fingerprint density at radius 3 is 2.80 bits per heavy atom. The molecule has 1 aromatic rings. The quantitative estimate of drug-likeness (QED) is 0.707. The molecule has 1 nitrogen and oxygen atoms in total. The van der Waals surface area contributed by atoms with Gasteiger partial charge in [0.1, 0.15) is 5.82 Å². The van der Waals surface area contributed by atoms with Gasteiger partial charge in [0.25, 0.3) is 0 Å². The molecular formula is C12H14ClFO. The van der Waals surface area contributed by atoms with Crippen molar-refractivity contribution in [2.75, 3.05) is 6.61 Å². The number of hydrogen-bond donors (Lipinski definition) is 0. The highest BCUT2D eigenvalue weighted by atomic mass is 35.5. The topological polar surface area (TPSA) is 9.23 Å². The number of rotatable bonds is 1. The van der Waals surface area contributed by atoms with E-state index in [-0.39, 0.29) is 16.9 Å². The lowest BCUT2D eigenvalue weighted by Gasteiger charge is -2.27. The Labute approximate surface area is 94.2 Å². The highest BCUT2D eigenvalue weighted by Crippen LogP contribution is 2.31. The van der Waals surface area contributed by atoms with Crippen LogP contribution in [0.2, 0.25) is 5.02 Å². The zero-order valence-electron chi connectivity index (χ0n) is 8.67. The van der Waals surface area contributed by atoms with E-state index in [2.05, 4.69) is 6.92 Å². The molecule has 0 bridgehead atoms. The molecule has 1 fully saturated rings. The van der Waals surface area contributed by atoms with Gasteiger partial charge in [-0.1, -0.05) is 24.6 Å². The van der Waals surface area contributed by atoms with E-state index in [0.29, 0.717) is 5.92 Å². The summed E-state index contributed by atoms with van der Waals surface area (Å²) in [5.74, 6) is 0.245. The fraction of sp³-hybridized carbons (Fsp3) is 0.500. The van der Waals surface area contributed by atoms with Gasteiger partial charge < -0.3 is 4.74 Å². The summed E-state index contributed by atoms with van der Waals surface area (Å²) in [6, 6.07) is 4.91. The molecule has 1 aromatic carbocycles. The van der Waals surface area contributed by atoms with Gasteiger partial charge >= 0.3 is 0 Å². The van der Waals surface area contributed by atoms with E-state index < -0.39 is 0 Å². The molecule has 1 aliphatic rings. The van der Waals surface area contributed by atoms with Crippen LogP contribution in [0.15, 0.2) is 18.2 Å². The van der Waals surface area contributed by atoms with E-state index >= 15 is 0 Å². The largest absolute Gasteiger partial charge is 0.373 e. The zero-order valence-corrected chi connectivity index (χ0v) is 9.43. The molecule has 2 unspecified atom stereocenters. The van der Waals surface area contributed by atoms with Crippen LogP contribution in [0.1, 0.15) is 31.4 Å². The van der Waals surface area contributed by atoms with Gasteiger partial charge in [-0.05, 0) is 36.5 Å². The lowest BCUT2D eigenvalue weighted by Crippen LogP contribution is -2.18. The van der Waals surface area contributed by atoms with Crippen LogP contribution < -0.4 is 0 Å². The van der Waals surface area contributed by atoms with Gasteiger partial charge in [-0.3, -0.25) is 0 Å². The SMILES string of the molecule is CC1CCC(c2ccc(Cl)c(F)c2)OC1. The second-order valence-corrected chi connectivity index (χ2v) is 4.59. The van der Waals surface area contributed by atoms with Crippen LogP contribution in [0.5, 0.6) is 0 Å². The second-order valence-electron chi connectivity index (χ2n) is 4.18. The van der Waals surface area contributed by atoms with E-state index in [1.54, 1.807) is 6.07 Å². The zero-order chi connectivity index (χ0) is 10.8. The summed E-state index contributed by atoms with van der Waals surface area (Å²) in [5.41, 5.74) is 0.892. The summed E-state index contributed by atoms with van der Waals surface area (Å²) >= 11 is 5.63. The van der Waals surface area contributed by atoms with Gasteiger partial charge in [0.05, 0.1) is 11.1 Å². The van der Waals surface area contributed by atoms with E-state index in [1.807, 2.05) is 6.07 Å². The minimum atomic E-state index is -0.364. The number of halogens is 2. The van der Waals surface area contributed by atoms with Gasteiger partial charge in [0.2, 0.25) is 0 Å². The van der Waals surface area contributed by atoms with Gasteiger partial charge in [0, 0.05) is 6.61 Å². The molecule has 1 aliphatic heterocycles. The first-order valence-corrected chi connectivity index (χ1v) is 5.61. The minimum absolute atomic E-state index is 0.0352. The Bertz CT molecular complexity index is 345. The van der Waals surface area contributed by atoms with Crippen molar-refractivity contribution < 1.29 is 9.13 Å². The van der Waals surface area contributed by atoms with Crippen molar-refractivity contribution in [1.29, 1.82) is 0 Å². The van der Waals surface area contributed by atoms with Crippen LogP contribution in [-0.4, -0.2) is 6.61 Å². The monoisotopic (exact) mass is 228 g/mol. The number of ether oxygens (including phenoxy) is 1. The van der Waals surface area contributed by atoms with Crippen LogP contribution in [-0.2, 0) is 4.74 Å². The van der Waals surface area contributed by atoms with Crippen LogP contribution in [0, 0.1) is 11.7 Å². The fourth-order valence-electron chi connectivity index (χ4n) is 1.86. The molecule has 2 atom stereocenters. The maximum absolute atomic E-state index is 13.2. The first-order chi connectivity index (χ1) is 7.16. The van der Waals surface area contributed by atoms with Gasteiger partial charge in [-0.2, -0.15) is 0 Å². The molecule has 0 radical (unpaired) electrons. The van der Waals surface area contributed by atoms with E-state index in [1.165, 1.54) is 6.07 Å². The fourth-order valence-corrected chi connectivity index (χ4v) is 1.98. The summed E-state index contributed by atoms with van der Waals surface area (Å²) in [6.07, 6.45) is 2.13. The standard InChI is InChI=1S/C12H14ClFO/c1-8-2-5-12(15-7-8)9-3-4-10(13)11(14)6-9/h3-4,6,8,12H,2,5,7H2,1H3. The van der Waals surface area contributed by atoms with Crippen molar-refractivity contribution in [1.82, 2.24) is 0 Å². The molecule has 0 aromatic heterocycles. The Kier molecular flexibility index (Phi) is 3.27. The molecule has 1 heterocycles. The van der Waals surface area contributed by atoms with Crippen LogP contribution in [0.4, 0.5) is 4.39 Å². The molecule has 0 aliphatic carbocycles. The highest BCUT2D eigenvalue weighted by molar-refractivity contribution is 6.30. The molecule has 2 rings (SSSR count). The molecule has 0 saturated carbocycles. The van der Waals surface area contributed by atoms with Gasteiger partial charge in [-0.25, -0.2) is 4.39 Å². The molecule has 0 amide bonds. The smallest absolute Gasteiger partial charge is 0.142 e. The molecule has 15 heavy (non-hydrogen) atoms. The lowest BCUT2D eigenvalue weighted by atomic mass is 9.96. The molecule has 82 valence electrons. The van der Waals surface area contributed by atoms with E-state index in [4.69, 9.17) is 16.3 Å². The third kappa shape index (κ3) is 2.50. The predicted molar refractivity (Wildman–Crippen MR) is 58.5 cm³/mol. The second kappa shape index (κ2) is 4.50. The summed E-state index contributed by atoms with van der Waals surface area (Å²) < 4.78 is 18.9. The predicted octanol–water partition coefficient (Wildman–Crippen LogP) is 3.97. The summed E-state index contributed by atoms with van der Waals surface area (Å²) in [6.45, 7) is 2.92. The van der Waals surface area contributed by atoms with Crippen molar-refractivity contribution >= 4 is 11.6 Å².